The minimum atomic E-state index is -1.32. The predicted molar refractivity (Wildman–Crippen MR) is 248 cm³/mol. The third kappa shape index (κ3) is 15.4. The molecule has 0 radical (unpaired) electrons. The fourth-order valence-electron chi connectivity index (χ4n) is 6.75. The number of thiol groups is 2. The van der Waals surface area contributed by atoms with Crippen LogP contribution >= 0.6 is 25.3 Å². The van der Waals surface area contributed by atoms with E-state index in [0.717, 1.165) is 10.9 Å². The van der Waals surface area contributed by atoms with Gasteiger partial charge in [0.1, 0.15) is 36.3 Å². The topological polar surface area (TPSA) is 327 Å². The number of benzene rings is 2. The summed E-state index contributed by atoms with van der Waals surface area (Å²) < 4.78 is -1.09. The van der Waals surface area contributed by atoms with Crippen LogP contribution in [0.15, 0.2) is 78.3 Å². The number of rotatable bonds is 24. The molecule has 0 aliphatic rings. The Bertz CT molecular complexity index is 2260. The first-order valence-corrected chi connectivity index (χ1v) is 21.5. The number of nitrogens with one attached hydrogen (secondary N) is 8. The molecule has 0 bridgehead atoms. The van der Waals surface area contributed by atoms with E-state index in [1.54, 1.807) is 50.4 Å². The van der Waals surface area contributed by atoms with Crippen molar-refractivity contribution in [2.75, 3.05) is 12.3 Å². The smallest absolute Gasteiger partial charge is 0.244 e. The maximum Gasteiger partial charge on any atom is 0.244 e. The van der Waals surface area contributed by atoms with E-state index < -0.39 is 82.3 Å². The summed E-state index contributed by atoms with van der Waals surface area (Å²) in [5.41, 5.74) is 19.3. The Morgan fingerprint density at radius 1 is 0.719 bits per heavy atom. The van der Waals surface area contributed by atoms with E-state index in [-0.39, 0.29) is 50.4 Å². The van der Waals surface area contributed by atoms with Crippen molar-refractivity contribution < 1.29 is 33.6 Å². The minimum Gasteiger partial charge on any atom is -0.370 e. The Kier molecular flexibility index (Phi) is 18.6. The lowest BCUT2D eigenvalue weighted by atomic mass is 9.99. The standard InChI is InChI=1S/C42H57N13O7S2/c1-23(56)50-33(21-63)40(62)54-32(18-26-20-46-22-49-26)38(60)52-30(16-24-10-5-4-6-11-24)37(59)51-29(14-9-15-47-41(44)45)36(58)53-31(39(61)55-34(35(43)57)42(2,3)64)17-25-19-48-28-13-8-7-12-27(25)28/h4-8,10-13,19-20,22,29-34,48,63-64H,9,14-18,21H2,1-3H3,(H2,43,57)(H,46,49)(H,50,56)(H,51,59)(H,52,60)(H,53,58)(H,54,62)(H,55,61)(H4,44,45,47)/t29-,30+,31-,32-,33-,34+/m0/s1. The monoisotopic (exact) mass is 919 g/mol. The van der Waals surface area contributed by atoms with Crippen LogP contribution in [0.4, 0.5) is 0 Å². The summed E-state index contributed by atoms with van der Waals surface area (Å²) >= 11 is 8.65. The SMILES string of the molecule is CC(=O)N[C@@H](CS)C(=O)N[C@@H](Cc1cnc[nH]1)C(=O)N[C@H](Cc1ccccc1)C(=O)N[C@@H](CCCN=C(N)N)C(=O)N[C@@H](Cc1c[nH]c2ccccc12)C(=O)N[C@H](C(N)=O)C(C)(C)S. The van der Waals surface area contributed by atoms with Crippen LogP contribution in [0.3, 0.4) is 0 Å². The van der Waals surface area contributed by atoms with Gasteiger partial charge in [0.15, 0.2) is 5.96 Å². The number of aliphatic imine (C=N–C) groups is 1. The molecular formula is C42H57N13O7S2. The van der Waals surface area contributed by atoms with Crippen molar-refractivity contribution >= 4 is 83.5 Å². The second-order valence-electron chi connectivity index (χ2n) is 15.7. The molecule has 0 spiro atoms. The number of carbonyl (C=O) groups is 7. The molecule has 0 saturated carbocycles. The number of primary amides is 1. The third-order valence-electron chi connectivity index (χ3n) is 9.99. The van der Waals surface area contributed by atoms with Crippen LogP contribution in [-0.4, -0.2) is 116 Å². The highest BCUT2D eigenvalue weighted by atomic mass is 32.1. The van der Waals surface area contributed by atoms with Gasteiger partial charge in [0.05, 0.1) is 6.33 Å². The number of guanidine groups is 1. The van der Waals surface area contributed by atoms with Crippen LogP contribution in [0.25, 0.3) is 10.9 Å². The van der Waals surface area contributed by atoms with Crippen LogP contribution in [0, 0.1) is 0 Å². The number of hydrogen-bond acceptors (Lipinski definition) is 11. The zero-order chi connectivity index (χ0) is 47.0. The largest absolute Gasteiger partial charge is 0.370 e. The van der Waals surface area contributed by atoms with Gasteiger partial charge in [-0.3, -0.25) is 38.6 Å². The third-order valence-corrected chi connectivity index (χ3v) is 10.6. The number of hydrogen-bond donors (Lipinski definition) is 13. The molecule has 2 heterocycles. The second-order valence-corrected chi connectivity index (χ2v) is 17.2. The quantitative estimate of drug-likeness (QED) is 0.0176. The fourth-order valence-corrected chi connectivity index (χ4v) is 7.20. The van der Waals surface area contributed by atoms with Gasteiger partial charge in [-0.15, -0.1) is 0 Å². The van der Waals surface area contributed by atoms with Crippen molar-refractivity contribution in [2.24, 2.45) is 22.2 Å². The molecule has 64 heavy (non-hydrogen) atoms. The first-order valence-electron chi connectivity index (χ1n) is 20.4. The number of nitrogens with two attached hydrogens (primary N) is 3. The lowest BCUT2D eigenvalue weighted by Crippen LogP contribution is -2.61. The Morgan fingerprint density at radius 3 is 1.86 bits per heavy atom. The highest BCUT2D eigenvalue weighted by Gasteiger charge is 2.36. The second kappa shape index (κ2) is 23.8. The molecule has 0 fully saturated rings. The van der Waals surface area contributed by atoms with Gasteiger partial charge in [-0.05, 0) is 43.9 Å². The minimum absolute atomic E-state index is 0.0257. The zero-order valence-corrected chi connectivity index (χ0v) is 37.5. The Hall–Kier alpha value is -6.55. The normalized spacial score (nSPS) is 14.1. The lowest BCUT2D eigenvalue weighted by Gasteiger charge is -2.30. The molecule has 6 atom stereocenters. The molecule has 0 aliphatic carbocycles. The first-order chi connectivity index (χ1) is 30.4. The van der Waals surface area contributed by atoms with E-state index in [0.29, 0.717) is 16.8 Å². The first kappa shape index (κ1) is 50.1. The molecule has 0 unspecified atom stereocenters. The molecule has 0 saturated heterocycles. The number of amides is 7. The van der Waals surface area contributed by atoms with E-state index in [1.807, 2.05) is 24.3 Å². The summed E-state index contributed by atoms with van der Waals surface area (Å²) in [4.78, 5) is 109. The summed E-state index contributed by atoms with van der Waals surface area (Å²) in [6.07, 6.45) is 4.58. The van der Waals surface area contributed by atoms with Crippen molar-refractivity contribution in [3.05, 3.63) is 90.1 Å². The van der Waals surface area contributed by atoms with Gasteiger partial charge in [0.2, 0.25) is 41.4 Å². The fraction of sp³-hybridized carbons (Fsp3) is 0.405. The Morgan fingerprint density at radius 2 is 1.28 bits per heavy atom. The molecule has 0 aliphatic heterocycles. The van der Waals surface area contributed by atoms with Gasteiger partial charge in [0, 0.05) is 72.2 Å². The van der Waals surface area contributed by atoms with Gasteiger partial charge in [-0.1, -0.05) is 48.5 Å². The van der Waals surface area contributed by atoms with E-state index in [1.165, 1.54) is 19.4 Å². The highest BCUT2D eigenvalue weighted by Crippen LogP contribution is 2.21. The number of para-hydroxylation sites is 1. The molecule has 7 amide bonds. The van der Waals surface area contributed by atoms with Gasteiger partial charge < -0.3 is 59.1 Å². The summed E-state index contributed by atoms with van der Waals surface area (Å²) in [7, 11) is 0. The number of aromatic nitrogens is 3. The number of nitrogens with zero attached hydrogens (tertiary/aromatic N) is 2. The van der Waals surface area contributed by atoms with E-state index in [9.17, 15) is 33.6 Å². The van der Waals surface area contributed by atoms with Crippen molar-refractivity contribution in [2.45, 2.75) is 93.9 Å². The maximum absolute atomic E-state index is 14.5. The van der Waals surface area contributed by atoms with Crippen molar-refractivity contribution in [1.82, 2.24) is 46.9 Å². The average molecular weight is 920 g/mol. The van der Waals surface area contributed by atoms with Crippen molar-refractivity contribution in [3.63, 3.8) is 0 Å². The van der Waals surface area contributed by atoms with E-state index >= 15 is 0 Å². The van der Waals surface area contributed by atoms with E-state index in [4.69, 9.17) is 17.2 Å². The average Bonchev–Trinajstić information content (AvgIpc) is 3.91. The highest BCUT2D eigenvalue weighted by molar-refractivity contribution is 7.81. The van der Waals surface area contributed by atoms with Gasteiger partial charge in [-0.2, -0.15) is 25.3 Å². The molecule has 14 N–H and O–H groups in total. The predicted octanol–water partition coefficient (Wildman–Crippen LogP) is -0.975. The molecular weight excluding hydrogens is 863 g/mol. The van der Waals surface area contributed by atoms with Gasteiger partial charge in [0.25, 0.3) is 0 Å². The zero-order valence-electron chi connectivity index (χ0n) is 35.7. The van der Waals surface area contributed by atoms with E-state index in [2.05, 4.69) is 77.1 Å². The van der Waals surface area contributed by atoms with Crippen LogP contribution < -0.4 is 49.1 Å². The summed E-state index contributed by atoms with van der Waals surface area (Å²) in [6.45, 7) is 4.53. The Labute approximate surface area is 381 Å². The molecule has 4 rings (SSSR count). The number of H-pyrrole nitrogens is 2. The number of aromatic amines is 2. The van der Waals surface area contributed by atoms with Crippen molar-refractivity contribution in [3.8, 4) is 0 Å². The maximum atomic E-state index is 14.5. The Balaban J connectivity index is 1.67. The number of imidazole rings is 1. The molecule has 2 aromatic heterocycles. The summed E-state index contributed by atoms with van der Waals surface area (Å²) in [5, 5.41) is 16.8. The van der Waals surface area contributed by atoms with Crippen molar-refractivity contribution in [1.29, 1.82) is 0 Å². The van der Waals surface area contributed by atoms with Gasteiger partial charge >= 0.3 is 0 Å². The molecule has 4 aromatic rings. The molecule has 20 nitrogen and oxygen atoms in total. The van der Waals surface area contributed by atoms with Gasteiger partial charge in [-0.25, -0.2) is 4.98 Å². The van der Waals surface area contributed by atoms with Crippen LogP contribution in [0.5, 0.6) is 0 Å². The lowest BCUT2D eigenvalue weighted by molar-refractivity contribution is -0.135. The van der Waals surface area contributed by atoms with Crippen LogP contribution in [-0.2, 0) is 52.8 Å². The summed E-state index contributed by atoms with van der Waals surface area (Å²) in [5.74, 6) is -5.34. The van der Waals surface area contributed by atoms with Crippen LogP contribution in [0.1, 0.15) is 50.4 Å². The van der Waals surface area contributed by atoms with Crippen LogP contribution in [0.2, 0.25) is 0 Å². The molecule has 344 valence electrons. The molecule has 2 aromatic carbocycles. The molecule has 22 heteroatoms. The number of carbonyl (C=O) groups excluding carboxylic acids is 7. The summed E-state index contributed by atoms with van der Waals surface area (Å²) in [6, 6.07) is 8.62. The number of fused-ring (bicyclic) bond motifs is 1.